The van der Waals surface area contributed by atoms with Gasteiger partial charge in [0.25, 0.3) is 0 Å². The maximum absolute atomic E-state index is 12.5. The molecule has 0 radical (unpaired) electrons. The Balaban J connectivity index is 2.48. The lowest BCUT2D eigenvalue weighted by Gasteiger charge is -2.27. The molecule has 0 saturated heterocycles. The number of halogens is 3. The normalized spacial score (nSPS) is 15.8. The summed E-state index contributed by atoms with van der Waals surface area (Å²) in [6, 6.07) is 3.30. The Morgan fingerprint density at radius 3 is 2.69 bits per heavy atom. The number of benzene rings is 1. The van der Waals surface area contributed by atoms with Gasteiger partial charge in [0, 0.05) is 7.05 Å². The van der Waals surface area contributed by atoms with Crippen molar-refractivity contribution in [2.75, 3.05) is 23.8 Å². The molecule has 0 fully saturated rings. The minimum Gasteiger partial charge on any atom is -0.374 e. The second kappa shape index (κ2) is 3.40. The molecule has 1 aliphatic heterocycles. The first kappa shape index (κ1) is 10.8. The average Bonchev–Trinajstić information content (AvgIpc) is 2.22. The molecule has 1 N–H and O–H groups in total. The number of amides is 1. The lowest BCUT2D eigenvalue weighted by Crippen LogP contribution is -2.36. The van der Waals surface area contributed by atoms with Crippen molar-refractivity contribution in [1.29, 1.82) is 0 Å². The van der Waals surface area contributed by atoms with Crippen molar-refractivity contribution in [3.8, 4) is 0 Å². The van der Waals surface area contributed by atoms with Gasteiger partial charge in [-0.2, -0.15) is 13.2 Å². The van der Waals surface area contributed by atoms with Crippen LogP contribution >= 0.6 is 0 Å². The summed E-state index contributed by atoms with van der Waals surface area (Å²) >= 11 is 0. The summed E-state index contributed by atoms with van der Waals surface area (Å²) in [7, 11) is 1.46. The standard InChI is InChI=1S/C10H9F3N2O/c1-15-8-4-6(10(11,12)13)2-3-7(8)14-5-9(15)16/h2-4,14H,5H2,1H3. The van der Waals surface area contributed by atoms with Crippen LogP contribution in [0.25, 0.3) is 0 Å². The van der Waals surface area contributed by atoms with Crippen molar-refractivity contribution in [1.82, 2.24) is 0 Å². The number of hydrogen-bond donors (Lipinski definition) is 1. The molecule has 0 unspecified atom stereocenters. The fraction of sp³-hybridized carbons (Fsp3) is 0.300. The van der Waals surface area contributed by atoms with E-state index in [-0.39, 0.29) is 18.1 Å². The van der Waals surface area contributed by atoms with Crippen molar-refractivity contribution in [3.05, 3.63) is 23.8 Å². The van der Waals surface area contributed by atoms with Crippen molar-refractivity contribution < 1.29 is 18.0 Å². The molecule has 0 bridgehead atoms. The molecule has 1 aliphatic rings. The number of nitrogens with one attached hydrogen (secondary N) is 1. The largest absolute Gasteiger partial charge is 0.416 e. The van der Waals surface area contributed by atoms with Gasteiger partial charge in [-0.1, -0.05) is 0 Å². The van der Waals surface area contributed by atoms with E-state index in [2.05, 4.69) is 5.32 Å². The lowest BCUT2D eigenvalue weighted by atomic mass is 10.1. The minimum absolute atomic E-state index is 0.106. The van der Waals surface area contributed by atoms with Crippen LogP contribution < -0.4 is 10.2 Å². The molecule has 0 aliphatic carbocycles. The van der Waals surface area contributed by atoms with Crippen LogP contribution in [-0.2, 0) is 11.0 Å². The smallest absolute Gasteiger partial charge is 0.374 e. The van der Waals surface area contributed by atoms with E-state index in [9.17, 15) is 18.0 Å². The van der Waals surface area contributed by atoms with E-state index in [1.165, 1.54) is 18.0 Å². The van der Waals surface area contributed by atoms with Gasteiger partial charge < -0.3 is 10.2 Å². The Labute approximate surface area is 89.9 Å². The van der Waals surface area contributed by atoms with Crippen LogP contribution in [0.1, 0.15) is 5.56 Å². The molecule has 0 saturated carbocycles. The van der Waals surface area contributed by atoms with Crippen LogP contribution in [0.2, 0.25) is 0 Å². The number of fused-ring (bicyclic) bond motifs is 1. The number of carbonyl (C=O) groups is 1. The minimum atomic E-state index is -4.39. The van der Waals surface area contributed by atoms with Gasteiger partial charge in [0.05, 0.1) is 23.5 Å². The average molecular weight is 230 g/mol. The quantitative estimate of drug-likeness (QED) is 0.740. The van der Waals surface area contributed by atoms with Gasteiger partial charge >= 0.3 is 6.18 Å². The zero-order valence-electron chi connectivity index (χ0n) is 8.43. The second-order valence-electron chi connectivity index (χ2n) is 3.54. The Bertz CT molecular complexity index is 442. The van der Waals surface area contributed by atoms with Crippen molar-refractivity contribution in [3.63, 3.8) is 0 Å². The highest BCUT2D eigenvalue weighted by Crippen LogP contribution is 2.36. The first-order valence-electron chi connectivity index (χ1n) is 4.61. The number of likely N-dealkylation sites (N-methyl/N-ethyl adjacent to an activating group) is 1. The molecule has 16 heavy (non-hydrogen) atoms. The highest BCUT2D eigenvalue weighted by atomic mass is 19.4. The summed E-state index contributed by atoms with van der Waals surface area (Å²) in [6.07, 6.45) is -4.39. The Hall–Kier alpha value is -1.72. The van der Waals surface area contributed by atoms with Crippen molar-refractivity contribution in [2.24, 2.45) is 0 Å². The summed E-state index contributed by atoms with van der Waals surface area (Å²) in [6.45, 7) is 0.106. The second-order valence-corrected chi connectivity index (χ2v) is 3.54. The van der Waals surface area contributed by atoms with Gasteiger partial charge in [-0.25, -0.2) is 0 Å². The Kier molecular flexibility index (Phi) is 2.29. The van der Waals surface area contributed by atoms with Gasteiger partial charge in [-0.3, -0.25) is 4.79 Å². The SMILES string of the molecule is CN1C(=O)CNc2ccc(C(F)(F)F)cc21. The van der Waals surface area contributed by atoms with E-state index < -0.39 is 11.7 Å². The molecule has 1 amide bonds. The number of nitrogens with zero attached hydrogens (tertiary/aromatic N) is 1. The number of anilines is 2. The van der Waals surface area contributed by atoms with Crippen molar-refractivity contribution in [2.45, 2.75) is 6.18 Å². The first-order chi connectivity index (χ1) is 7.39. The Morgan fingerprint density at radius 2 is 2.06 bits per heavy atom. The zero-order valence-corrected chi connectivity index (χ0v) is 8.43. The molecule has 2 rings (SSSR count). The maximum Gasteiger partial charge on any atom is 0.416 e. The van der Waals surface area contributed by atoms with Gasteiger partial charge in [0.1, 0.15) is 0 Å². The van der Waals surface area contributed by atoms with Crippen LogP contribution in [0.5, 0.6) is 0 Å². The van der Waals surface area contributed by atoms with Crippen molar-refractivity contribution >= 4 is 17.3 Å². The number of alkyl halides is 3. The van der Waals surface area contributed by atoms with Crippen LogP contribution in [-0.4, -0.2) is 19.5 Å². The summed E-state index contributed by atoms with van der Waals surface area (Å²) in [5.41, 5.74) is 0.0378. The highest BCUT2D eigenvalue weighted by Gasteiger charge is 2.32. The van der Waals surface area contributed by atoms with E-state index in [1.807, 2.05) is 0 Å². The van der Waals surface area contributed by atoms with E-state index in [1.54, 1.807) is 0 Å². The molecule has 0 aromatic heterocycles. The van der Waals surface area contributed by atoms with Gasteiger partial charge in [0.15, 0.2) is 0 Å². The summed E-state index contributed by atoms with van der Waals surface area (Å²) in [5, 5.41) is 2.76. The number of rotatable bonds is 0. The number of hydrogen-bond acceptors (Lipinski definition) is 2. The van der Waals surface area contributed by atoms with E-state index in [4.69, 9.17) is 0 Å². The monoisotopic (exact) mass is 230 g/mol. The molecular weight excluding hydrogens is 221 g/mol. The summed E-state index contributed by atoms with van der Waals surface area (Å²) < 4.78 is 37.4. The fourth-order valence-electron chi connectivity index (χ4n) is 1.56. The predicted molar refractivity (Wildman–Crippen MR) is 53.3 cm³/mol. The van der Waals surface area contributed by atoms with E-state index in [0.717, 1.165) is 12.1 Å². The first-order valence-corrected chi connectivity index (χ1v) is 4.61. The molecule has 1 aromatic rings. The Morgan fingerprint density at radius 1 is 1.38 bits per heavy atom. The topological polar surface area (TPSA) is 32.3 Å². The van der Waals surface area contributed by atoms with Crippen LogP contribution in [0.3, 0.4) is 0 Å². The third-order valence-corrected chi connectivity index (χ3v) is 2.49. The highest BCUT2D eigenvalue weighted by molar-refractivity contribution is 6.02. The fourth-order valence-corrected chi connectivity index (χ4v) is 1.56. The van der Waals surface area contributed by atoms with Crippen LogP contribution in [0, 0.1) is 0 Å². The number of carbonyl (C=O) groups excluding carboxylic acids is 1. The molecular formula is C10H9F3N2O. The predicted octanol–water partition coefficient (Wildman–Crippen LogP) is 2.09. The molecule has 0 atom stereocenters. The van der Waals surface area contributed by atoms with Gasteiger partial charge in [-0.05, 0) is 18.2 Å². The van der Waals surface area contributed by atoms with Crippen LogP contribution in [0.4, 0.5) is 24.5 Å². The zero-order chi connectivity index (χ0) is 11.9. The molecule has 86 valence electrons. The third kappa shape index (κ3) is 1.70. The maximum atomic E-state index is 12.5. The van der Waals surface area contributed by atoms with E-state index >= 15 is 0 Å². The molecule has 6 heteroatoms. The lowest BCUT2D eigenvalue weighted by molar-refractivity contribution is -0.137. The molecule has 3 nitrogen and oxygen atoms in total. The molecule has 0 spiro atoms. The summed E-state index contributed by atoms with van der Waals surface area (Å²) in [4.78, 5) is 12.5. The van der Waals surface area contributed by atoms with Gasteiger partial charge in [-0.15, -0.1) is 0 Å². The van der Waals surface area contributed by atoms with Gasteiger partial charge in [0.2, 0.25) is 5.91 Å². The molecule has 1 heterocycles. The third-order valence-electron chi connectivity index (χ3n) is 2.49. The van der Waals surface area contributed by atoms with Crippen LogP contribution in [0.15, 0.2) is 18.2 Å². The summed E-state index contributed by atoms with van der Waals surface area (Å²) in [5.74, 6) is -0.258. The molecule has 1 aromatic carbocycles. The van der Waals surface area contributed by atoms with E-state index in [0.29, 0.717) is 5.69 Å².